The summed E-state index contributed by atoms with van der Waals surface area (Å²) in [4.78, 5) is 33.7. The number of aryl methyl sites for hydroxylation is 1. The molecule has 1 atom stereocenters. The van der Waals surface area contributed by atoms with Crippen LogP contribution in [0.3, 0.4) is 0 Å². The summed E-state index contributed by atoms with van der Waals surface area (Å²) in [5, 5.41) is 0.316. The van der Waals surface area contributed by atoms with E-state index in [0.717, 1.165) is 24.8 Å². The van der Waals surface area contributed by atoms with E-state index >= 15 is 0 Å². The molecule has 0 aliphatic carbocycles. The van der Waals surface area contributed by atoms with Gasteiger partial charge in [0, 0.05) is 12.1 Å². The van der Waals surface area contributed by atoms with Crippen LogP contribution in [0.2, 0.25) is 0 Å². The Labute approximate surface area is 251 Å². The fourth-order valence-corrected chi connectivity index (χ4v) is 5.12. The summed E-state index contributed by atoms with van der Waals surface area (Å²) in [5.74, 6) is -0.898. The minimum absolute atomic E-state index is 0.00564. The van der Waals surface area contributed by atoms with Crippen molar-refractivity contribution in [3.63, 3.8) is 0 Å². The highest BCUT2D eigenvalue weighted by Gasteiger charge is 2.38. The zero-order chi connectivity index (χ0) is 32.2. The third kappa shape index (κ3) is 7.14. The van der Waals surface area contributed by atoms with E-state index in [4.69, 9.17) is 4.98 Å². The summed E-state index contributed by atoms with van der Waals surface area (Å²) >= 11 is 0. The minimum Gasteiger partial charge on any atom is -0.329 e. The van der Waals surface area contributed by atoms with Gasteiger partial charge in [0.15, 0.2) is 0 Å². The van der Waals surface area contributed by atoms with Crippen LogP contribution in [0.1, 0.15) is 85.4 Å². The van der Waals surface area contributed by atoms with Crippen LogP contribution >= 0.6 is 0 Å². The first kappa shape index (κ1) is 32.8. The number of rotatable bonds is 10. The standard InChI is InChI=1S/C33H33F6N3O2/c1-4-6-7-10-17-41(30(43)23-18-24(32(34,35)36)20-25(19-23)33(37,38)39)21(3)29-40-28-12-9-8-11-27(28)31(44)42(29)26-15-13-22(5-2)14-16-26/h8-9,11-16,18-21H,4-7,10,17H2,1-3H3. The summed E-state index contributed by atoms with van der Waals surface area (Å²) < 4.78 is 83.3. The smallest absolute Gasteiger partial charge is 0.329 e. The number of amides is 1. The van der Waals surface area contributed by atoms with Crippen LogP contribution in [-0.4, -0.2) is 26.9 Å². The minimum atomic E-state index is -5.11. The molecule has 1 aromatic heterocycles. The second-order valence-corrected chi connectivity index (χ2v) is 10.7. The molecule has 0 saturated heterocycles. The average molecular weight is 618 g/mol. The van der Waals surface area contributed by atoms with E-state index in [1.165, 1.54) is 9.47 Å². The van der Waals surface area contributed by atoms with Gasteiger partial charge in [-0.05, 0) is 67.8 Å². The maximum absolute atomic E-state index is 13.9. The Morgan fingerprint density at radius 3 is 2.05 bits per heavy atom. The summed E-state index contributed by atoms with van der Waals surface area (Å²) in [6.45, 7) is 5.55. The van der Waals surface area contributed by atoms with Gasteiger partial charge in [-0.15, -0.1) is 0 Å². The largest absolute Gasteiger partial charge is 0.416 e. The first-order valence-electron chi connectivity index (χ1n) is 14.5. The molecule has 0 fully saturated rings. The summed E-state index contributed by atoms with van der Waals surface area (Å²) in [5.41, 5.74) is -2.50. The number of fused-ring (bicyclic) bond motifs is 1. The van der Waals surface area contributed by atoms with Gasteiger partial charge in [-0.3, -0.25) is 14.2 Å². The van der Waals surface area contributed by atoms with Crippen molar-refractivity contribution in [2.24, 2.45) is 0 Å². The highest BCUT2D eigenvalue weighted by atomic mass is 19.4. The van der Waals surface area contributed by atoms with E-state index in [2.05, 4.69) is 0 Å². The molecule has 11 heteroatoms. The molecule has 1 unspecified atom stereocenters. The number of alkyl halides is 6. The quantitative estimate of drug-likeness (QED) is 0.132. The lowest BCUT2D eigenvalue weighted by Gasteiger charge is -2.31. The van der Waals surface area contributed by atoms with Crippen molar-refractivity contribution in [1.82, 2.24) is 14.5 Å². The number of hydrogen-bond acceptors (Lipinski definition) is 3. The first-order valence-corrected chi connectivity index (χ1v) is 14.5. The third-order valence-corrected chi connectivity index (χ3v) is 7.59. The molecule has 0 spiro atoms. The predicted octanol–water partition coefficient (Wildman–Crippen LogP) is 8.77. The Bertz CT molecular complexity index is 1640. The number of carbonyl (C=O) groups is 1. The maximum atomic E-state index is 13.9. The van der Waals surface area contributed by atoms with Gasteiger partial charge in [-0.2, -0.15) is 26.3 Å². The van der Waals surface area contributed by atoms with Crippen LogP contribution in [0.25, 0.3) is 16.6 Å². The number of aromatic nitrogens is 2. The van der Waals surface area contributed by atoms with E-state index < -0.39 is 46.6 Å². The molecule has 1 heterocycles. The molecule has 0 saturated carbocycles. The molecule has 0 bridgehead atoms. The molecule has 234 valence electrons. The van der Waals surface area contributed by atoms with Crippen LogP contribution in [0.5, 0.6) is 0 Å². The van der Waals surface area contributed by atoms with Crippen molar-refractivity contribution in [3.8, 4) is 5.69 Å². The summed E-state index contributed by atoms with van der Waals surface area (Å²) in [6.07, 6.45) is -6.66. The van der Waals surface area contributed by atoms with Gasteiger partial charge >= 0.3 is 12.4 Å². The average Bonchev–Trinajstić information content (AvgIpc) is 2.99. The molecular formula is C33H33F6N3O2. The van der Waals surface area contributed by atoms with Crippen molar-refractivity contribution >= 4 is 16.8 Å². The van der Waals surface area contributed by atoms with Crippen LogP contribution < -0.4 is 5.56 Å². The number of para-hydroxylation sites is 1. The number of carbonyl (C=O) groups excluding carboxylic acids is 1. The Balaban J connectivity index is 1.91. The molecular weight excluding hydrogens is 584 g/mol. The van der Waals surface area contributed by atoms with Gasteiger partial charge in [-0.1, -0.05) is 57.4 Å². The maximum Gasteiger partial charge on any atom is 0.416 e. The summed E-state index contributed by atoms with van der Waals surface area (Å²) in [6, 6.07) is 13.7. The fourth-order valence-electron chi connectivity index (χ4n) is 5.12. The predicted molar refractivity (Wildman–Crippen MR) is 157 cm³/mol. The molecule has 5 nitrogen and oxygen atoms in total. The van der Waals surface area contributed by atoms with Crippen molar-refractivity contribution in [2.45, 2.75) is 71.3 Å². The van der Waals surface area contributed by atoms with E-state index in [-0.39, 0.29) is 18.4 Å². The van der Waals surface area contributed by atoms with Gasteiger partial charge in [0.25, 0.3) is 11.5 Å². The van der Waals surface area contributed by atoms with E-state index in [9.17, 15) is 35.9 Å². The summed E-state index contributed by atoms with van der Waals surface area (Å²) in [7, 11) is 0. The van der Waals surface area contributed by atoms with Crippen LogP contribution in [0.4, 0.5) is 26.3 Å². The molecule has 4 aromatic rings. The van der Waals surface area contributed by atoms with Crippen LogP contribution in [0, 0.1) is 0 Å². The fraction of sp³-hybridized carbons (Fsp3) is 0.364. The molecule has 4 rings (SSSR count). The van der Waals surface area contributed by atoms with Gasteiger partial charge < -0.3 is 4.90 Å². The Morgan fingerprint density at radius 1 is 0.864 bits per heavy atom. The number of unbranched alkanes of at least 4 members (excludes halogenated alkanes) is 3. The number of halogens is 6. The topological polar surface area (TPSA) is 55.2 Å². The zero-order valence-electron chi connectivity index (χ0n) is 24.6. The monoisotopic (exact) mass is 617 g/mol. The molecule has 0 aliphatic heterocycles. The lowest BCUT2D eigenvalue weighted by atomic mass is 10.0. The highest BCUT2D eigenvalue weighted by molar-refractivity contribution is 5.95. The number of benzene rings is 3. The second kappa shape index (κ2) is 13.2. The molecule has 1 amide bonds. The van der Waals surface area contributed by atoms with Gasteiger partial charge in [-0.25, -0.2) is 4.98 Å². The van der Waals surface area contributed by atoms with Gasteiger partial charge in [0.2, 0.25) is 0 Å². The van der Waals surface area contributed by atoms with Gasteiger partial charge in [0.1, 0.15) is 5.82 Å². The van der Waals surface area contributed by atoms with E-state index in [0.29, 0.717) is 41.6 Å². The molecule has 44 heavy (non-hydrogen) atoms. The highest BCUT2D eigenvalue weighted by Crippen LogP contribution is 2.37. The zero-order valence-corrected chi connectivity index (χ0v) is 24.6. The SMILES string of the molecule is CCCCCCN(C(=O)c1cc(C(F)(F)F)cc(C(F)(F)F)c1)C(C)c1nc2ccccc2c(=O)n1-c1ccc(CC)cc1. The lowest BCUT2D eigenvalue weighted by molar-refractivity contribution is -0.143. The molecule has 3 aromatic carbocycles. The second-order valence-electron chi connectivity index (χ2n) is 10.7. The van der Waals surface area contributed by atoms with Crippen molar-refractivity contribution in [1.29, 1.82) is 0 Å². The van der Waals surface area contributed by atoms with Crippen molar-refractivity contribution in [3.05, 3.63) is 105 Å². The van der Waals surface area contributed by atoms with E-state index in [1.807, 2.05) is 26.0 Å². The number of nitrogens with zero attached hydrogens (tertiary/aromatic N) is 3. The lowest BCUT2D eigenvalue weighted by Crippen LogP contribution is -2.38. The van der Waals surface area contributed by atoms with Crippen molar-refractivity contribution in [2.75, 3.05) is 6.54 Å². The van der Waals surface area contributed by atoms with Crippen LogP contribution in [-0.2, 0) is 18.8 Å². The van der Waals surface area contributed by atoms with Gasteiger partial charge in [0.05, 0.1) is 33.8 Å². The third-order valence-electron chi connectivity index (χ3n) is 7.59. The van der Waals surface area contributed by atoms with Crippen molar-refractivity contribution < 1.29 is 31.1 Å². The first-order chi connectivity index (χ1) is 20.8. The number of hydrogen-bond donors (Lipinski definition) is 0. The Hall–Kier alpha value is -4.15. The normalized spacial score (nSPS) is 12.8. The molecule has 0 radical (unpaired) electrons. The Kier molecular flexibility index (Phi) is 9.85. The molecule has 0 aliphatic rings. The molecule has 0 N–H and O–H groups in total. The van der Waals surface area contributed by atoms with Crippen LogP contribution in [0.15, 0.2) is 71.5 Å². The Morgan fingerprint density at radius 2 is 1.48 bits per heavy atom. The van der Waals surface area contributed by atoms with E-state index in [1.54, 1.807) is 43.3 Å².